The highest BCUT2D eigenvalue weighted by atomic mass is 16.5. The Labute approximate surface area is 178 Å². The molecule has 1 aromatic heterocycles. The average Bonchev–Trinajstić information content (AvgIpc) is 3.42. The lowest BCUT2D eigenvalue weighted by molar-refractivity contribution is -0.133. The molecule has 1 fully saturated rings. The van der Waals surface area contributed by atoms with Crippen molar-refractivity contribution in [3.63, 3.8) is 0 Å². The normalized spacial score (nSPS) is 16.9. The Kier molecular flexibility index (Phi) is 7.43. The fourth-order valence-electron chi connectivity index (χ4n) is 3.49. The van der Waals surface area contributed by atoms with Gasteiger partial charge in [-0.3, -0.25) is 9.79 Å². The van der Waals surface area contributed by atoms with Gasteiger partial charge in [0.1, 0.15) is 0 Å². The van der Waals surface area contributed by atoms with E-state index in [9.17, 15) is 4.79 Å². The number of carbonyl (C=O) groups excluding carboxylic acids is 1. The molecule has 0 saturated carbocycles. The maximum absolute atomic E-state index is 12.1. The number of carbonyl (C=O) groups is 1. The van der Waals surface area contributed by atoms with Gasteiger partial charge in [-0.15, -0.1) is 0 Å². The van der Waals surface area contributed by atoms with Crippen molar-refractivity contribution in [1.29, 1.82) is 0 Å². The number of likely N-dealkylation sites (tertiary alicyclic amines) is 1. The highest BCUT2D eigenvalue weighted by Gasteiger charge is 2.27. The summed E-state index contributed by atoms with van der Waals surface area (Å²) in [7, 11) is 1.77. The molecule has 0 spiro atoms. The van der Waals surface area contributed by atoms with E-state index in [1.165, 1.54) is 5.56 Å². The van der Waals surface area contributed by atoms with Gasteiger partial charge >= 0.3 is 0 Å². The van der Waals surface area contributed by atoms with Crippen LogP contribution < -0.4 is 10.6 Å². The molecule has 1 unspecified atom stereocenters. The van der Waals surface area contributed by atoms with E-state index in [4.69, 9.17) is 4.52 Å². The van der Waals surface area contributed by atoms with Crippen LogP contribution in [0.2, 0.25) is 0 Å². The Morgan fingerprint density at radius 2 is 2.10 bits per heavy atom. The smallest absolute Gasteiger partial charge is 0.257 e. The number of nitrogens with zero attached hydrogens (tertiary/aromatic N) is 4. The highest BCUT2D eigenvalue weighted by molar-refractivity contribution is 5.81. The van der Waals surface area contributed by atoms with Gasteiger partial charge in [-0.25, -0.2) is 0 Å². The number of aryl methyl sites for hydroxylation is 1. The SMILES string of the molecule is CCc1noc(-c2ccc(CCNC(=NC)NC3CCN(C(=O)C(C)C)C3)cc2)n1. The van der Waals surface area contributed by atoms with Gasteiger partial charge in [0.2, 0.25) is 5.91 Å². The van der Waals surface area contributed by atoms with Crippen molar-refractivity contribution in [3.05, 3.63) is 35.7 Å². The Balaban J connectivity index is 1.44. The van der Waals surface area contributed by atoms with Crippen molar-refractivity contribution in [2.24, 2.45) is 10.9 Å². The minimum Gasteiger partial charge on any atom is -0.356 e. The molecular formula is C22H32N6O2. The van der Waals surface area contributed by atoms with Crippen molar-refractivity contribution in [3.8, 4) is 11.5 Å². The zero-order valence-corrected chi connectivity index (χ0v) is 18.3. The lowest BCUT2D eigenvalue weighted by Gasteiger charge is -2.20. The van der Waals surface area contributed by atoms with Crippen LogP contribution in [0.3, 0.4) is 0 Å². The first kappa shape index (κ1) is 21.8. The molecule has 8 heteroatoms. The monoisotopic (exact) mass is 412 g/mol. The number of aliphatic imine (C=N–C) groups is 1. The molecule has 0 aliphatic carbocycles. The molecule has 30 heavy (non-hydrogen) atoms. The largest absolute Gasteiger partial charge is 0.356 e. The molecule has 3 rings (SSSR count). The van der Waals surface area contributed by atoms with E-state index in [1.807, 2.05) is 37.8 Å². The van der Waals surface area contributed by atoms with E-state index >= 15 is 0 Å². The number of hydrogen-bond donors (Lipinski definition) is 2. The van der Waals surface area contributed by atoms with Gasteiger partial charge in [0.05, 0.1) is 0 Å². The molecule has 2 aromatic rings. The molecule has 1 aliphatic rings. The van der Waals surface area contributed by atoms with Gasteiger partial charge in [-0.1, -0.05) is 38.1 Å². The molecule has 2 heterocycles. The molecule has 8 nitrogen and oxygen atoms in total. The first-order valence-electron chi connectivity index (χ1n) is 10.7. The van der Waals surface area contributed by atoms with Crippen LogP contribution in [0.1, 0.15) is 38.6 Å². The summed E-state index contributed by atoms with van der Waals surface area (Å²) in [6.07, 6.45) is 2.57. The fourth-order valence-corrected chi connectivity index (χ4v) is 3.49. The van der Waals surface area contributed by atoms with Crippen LogP contribution in [0.25, 0.3) is 11.5 Å². The number of benzene rings is 1. The minimum absolute atomic E-state index is 0.0427. The van der Waals surface area contributed by atoms with E-state index in [0.717, 1.165) is 56.2 Å². The fraction of sp³-hybridized carbons (Fsp3) is 0.545. The van der Waals surface area contributed by atoms with Gasteiger partial charge in [0, 0.05) is 50.6 Å². The Morgan fingerprint density at radius 1 is 1.33 bits per heavy atom. The number of amides is 1. The van der Waals surface area contributed by atoms with Gasteiger partial charge in [-0.2, -0.15) is 4.98 Å². The quantitative estimate of drug-likeness (QED) is 0.535. The Bertz CT molecular complexity index is 859. The van der Waals surface area contributed by atoms with Crippen LogP contribution in [0, 0.1) is 5.92 Å². The molecule has 1 atom stereocenters. The van der Waals surface area contributed by atoms with Gasteiger partial charge in [0.25, 0.3) is 5.89 Å². The van der Waals surface area contributed by atoms with Crippen molar-refractivity contribution in [2.75, 3.05) is 26.7 Å². The first-order valence-corrected chi connectivity index (χ1v) is 10.7. The van der Waals surface area contributed by atoms with Gasteiger partial charge < -0.3 is 20.1 Å². The lowest BCUT2D eigenvalue weighted by atomic mass is 10.1. The lowest BCUT2D eigenvalue weighted by Crippen LogP contribution is -2.45. The summed E-state index contributed by atoms with van der Waals surface area (Å²) < 4.78 is 5.29. The van der Waals surface area contributed by atoms with Crippen LogP contribution in [0.15, 0.2) is 33.8 Å². The number of aromatic nitrogens is 2. The molecule has 1 saturated heterocycles. The maximum atomic E-state index is 12.1. The summed E-state index contributed by atoms with van der Waals surface area (Å²) >= 11 is 0. The van der Waals surface area contributed by atoms with E-state index in [2.05, 4.69) is 37.9 Å². The Hall–Kier alpha value is -2.90. The third kappa shape index (κ3) is 5.58. The highest BCUT2D eigenvalue weighted by Crippen LogP contribution is 2.18. The molecule has 2 N–H and O–H groups in total. The summed E-state index contributed by atoms with van der Waals surface area (Å²) in [4.78, 5) is 22.8. The standard InChI is InChI=1S/C22H32N6O2/c1-5-19-26-20(30-27-19)17-8-6-16(7-9-17)10-12-24-22(23-4)25-18-11-13-28(14-18)21(29)15(2)3/h6-9,15,18H,5,10-14H2,1-4H3,(H2,23,24,25). The molecular weight excluding hydrogens is 380 g/mol. The number of nitrogens with one attached hydrogen (secondary N) is 2. The molecule has 162 valence electrons. The van der Waals surface area contributed by atoms with Gasteiger partial charge in [0.15, 0.2) is 11.8 Å². The van der Waals surface area contributed by atoms with Gasteiger partial charge in [-0.05, 0) is 30.5 Å². The zero-order valence-electron chi connectivity index (χ0n) is 18.3. The third-order valence-electron chi connectivity index (χ3n) is 5.25. The maximum Gasteiger partial charge on any atom is 0.257 e. The first-order chi connectivity index (χ1) is 14.5. The average molecular weight is 413 g/mol. The summed E-state index contributed by atoms with van der Waals surface area (Å²) in [5, 5.41) is 10.7. The number of guanidine groups is 1. The van der Waals surface area contributed by atoms with Crippen LogP contribution in [0.4, 0.5) is 0 Å². The van der Waals surface area contributed by atoms with Crippen molar-refractivity contribution in [1.82, 2.24) is 25.7 Å². The topological polar surface area (TPSA) is 95.6 Å². The summed E-state index contributed by atoms with van der Waals surface area (Å²) in [6.45, 7) is 8.19. The van der Waals surface area contributed by atoms with E-state index in [0.29, 0.717) is 5.89 Å². The predicted molar refractivity (Wildman–Crippen MR) is 117 cm³/mol. The zero-order chi connectivity index (χ0) is 21.5. The van der Waals surface area contributed by atoms with Crippen LogP contribution in [0.5, 0.6) is 0 Å². The predicted octanol–water partition coefficient (Wildman–Crippen LogP) is 2.26. The second-order valence-corrected chi connectivity index (χ2v) is 7.88. The summed E-state index contributed by atoms with van der Waals surface area (Å²) in [5.74, 6) is 2.31. The molecule has 0 radical (unpaired) electrons. The Morgan fingerprint density at radius 3 is 2.73 bits per heavy atom. The van der Waals surface area contributed by atoms with Crippen molar-refractivity contribution in [2.45, 2.75) is 46.1 Å². The van der Waals surface area contributed by atoms with Crippen molar-refractivity contribution < 1.29 is 9.32 Å². The van der Waals surface area contributed by atoms with Crippen molar-refractivity contribution >= 4 is 11.9 Å². The van der Waals surface area contributed by atoms with E-state index in [-0.39, 0.29) is 17.9 Å². The van der Waals surface area contributed by atoms with Crippen LogP contribution in [-0.4, -0.2) is 59.6 Å². The minimum atomic E-state index is 0.0427. The second kappa shape index (κ2) is 10.2. The molecule has 1 aliphatic heterocycles. The molecule has 0 bridgehead atoms. The third-order valence-corrected chi connectivity index (χ3v) is 5.25. The summed E-state index contributed by atoms with van der Waals surface area (Å²) in [5.41, 5.74) is 2.14. The number of hydrogen-bond acceptors (Lipinski definition) is 5. The van der Waals surface area contributed by atoms with Crippen LogP contribution in [-0.2, 0) is 17.6 Å². The van der Waals surface area contributed by atoms with E-state index < -0.39 is 0 Å². The summed E-state index contributed by atoms with van der Waals surface area (Å²) in [6, 6.07) is 8.41. The van der Waals surface area contributed by atoms with E-state index in [1.54, 1.807) is 7.05 Å². The van der Waals surface area contributed by atoms with Crippen LogP contribution >= 0.6 is 0 Å². The molecule has 1 aromatic carbocycles. The molecule has 1 amide bonds. The second-order valence-electron chi connectivity index (χ2n) is 7.88. The number of rotatable bonds is 7.